The highest BCUT2D eigenvalue weighted by Crippen LogP contribution is 2.23. The van der Waals surface area contributed by atoms with Crippen LogP contribution < -0.4 is 5.32 Å². The maximum atomic E-state index is 12.4. The normalized spacial score (nSPS) is 14.6. The van der Waals surface area contributed by atoms with Gasteiger partial charge in [-0.2, -0.15) is 0 Å². The smallest absolute Gasteiger partial charge is 0.253 e. The summed E-state index contributed by atoms with van der Waals surface area (Å²) in [6.45, 7) is 3.92. The largest absolute Gasteiger partial charge is 0.348 e. The van der Waals surface area contributed by atoms with Crippen LogP contribution in [0.3, 0.4) is 0 Å². The Morgan fingerprint density at radius 3 is 2.48 bits per heavy atom. The minimum atomic E-state index is -0.137. The molecule has 0 bridgehead atoms. The van der Waals surface area contributed by atoms with Crippen LogP contribution >= 0.6 is 23.4 Å². The third-order valence-corrected chi connectivity index (χ3v) is 5.55. The number of halogens is 1. The molecular weight excluding hydrogens is 352 g/mol. The molecule has 25 heavy (non-hydrogen) atoms. The number of carbonyl (C=O) groups is 1. The maximum Gasteiger partial charge on any atom is 0.253 e. The number of likely N-dealkylation sites (tertiary alicyclic amines) is 1. The quantitative estimate of drug-likeness (QED) is 0.750. The van der Waals surface area contributed by atoms with Gasteiger partial charge in [-0.3, -0.25) is 9.69 Å². The Labute approximate surface area is 158 Å². The molecule has 0 aliphatic carbocycles. The van der Waals surface area contributed by atoms with E-state index in [0.29, 0.717) is 17.1 Å². The van der Waals surface area contributed by atoms with E-state index in [0.717, 1.165) is 17.0 Å². The van der Waals surface area contributed by atoms with E-state index in [1.807, 2.05) is 18.4 Å². The van der Waals surface area contributed by atoms with E-state index >= 15 is 0 Å². The molecule has 3 nitrogen and oxygen atoms in total. The SMILES string of the molecule is CSc1ccc(Cl)c(C(=O)NCc2ccc(CN3CCCC3)cc2)c1. The molecule has 0 radical (unpaired) electrons. The van der Waals surface area contributed by atoms with Gasteiger partial charge in [0.05, 0.1) is 10.6 Å². The van der Waals surface area contributed by atoms with Gasteiger partial charge in [-0.15, -0.1) is 11.8 Å². The van der Waals surface area contributed by atoms with Crippen molar-refractivity contribution in [2.24, 2.45) is 0 Å². The second kappa shape index (κ2) is 8.75. The van der Waals surface area contributed by atoms with E-state index in [9.17, 15) is 4.79 Å². The fourth-order valence-electron chi connectivity index (χ4n) is 3.04. The molecular formula is C20H23ClN2OS. The number of benzene rings is 2. The van der Waals surface area contributed by atoms with Crippen molar-refractivity contribution in [2.45, 2.75) is 30.8 Å². The van der Waals surface area contributed by atoms with E-state index in [1.165, 1.54) is 31.5 Å². The number of nitrogens with zero attached hydrogens (tertiary/aromatic N) is 1. The lowest BCUT2D eigenvalue weighted by Crippen LogP contribution is -2.23. The van der Waals surface area contributed by atoms with Gasteiger partial charge in [-0.1, -0.05) is 35.9 Å². The Morgan fingerprint density at radius 2 is 1.80 bits per heavy atom. The summed E-state index contributed by atoms with van der Waals surface area (Å²) < 4.78 is 0. The molecule has 0 spiro atoms. The van der Waals surface area contributed by atoms with Gasteiger partial charge >= 0.3 is 0 Å². The van der Waals surface area contributed by atoms with Gasteiger partial charge in [0.25, 0.3) is 5.91 Å². The molecule has 0 atom stereocenters. The van der Waals surface area contributed by atoms with Crippen LogP contribution in [0.4, 0.5) is 0 Å². The van der Waals surface area contributed by atoms with Gasteiger partial charge < -0.3 is 5.32 Å². The predicted octanol–water partition coefficient (Wildman–Crippen LogP) is 4.59. The van der Waals surface area contributed by atoms with Gasteiger partial charge in [0, 0.05) is 18.0 Å². The fraction of sp³-hybridized carbons (Fsp3) is 0.350. The zero-order valence-electron chi connectivity index (χ0n) is 14.4. The average molecular weight is 375 g/mol. The number of hydrogen-bond donors (Lipinski definition) is 1. The van der Waals surface area contributed by atoms with E-state index in [4.69, 9.17) is 11.6 Å². The van der Waals surface area contributed by atoms with E-state index < -0.39 is 0 Å². The minimum absolute atomic E-state index is 0.137. The third-order valence-electron chi connectivity index (χ3n) is 4.50. The molecule has 1 N–H and O–H groups in total. The van der Waals surface area contributed by atoms with Crippen LogP contribution in [0.25, 0.3) is 0 Å². The zero-order valence-corrected chi connectivity index (χ0v) is 16.0. The Morgan fingerprint density at radius 1 is 1.12 bits per heavy atom. The molecule has 1 fully saturated rings. The molecule has 132 valence electrons. The van der Waals surface area contributed by atoms with Crippen molar-refractivity contribution >= 4 is 29.3 Å². The van der Waals surface area contributed by atoms with Crippen LogP contribution in [-0.4, -0.2) is 30.2 Å². The van der Waals surface area contributed by atoms with Gasteiger partial charge in [-0.05, 0) is 61.5 Å². The summed E-state index contributed by atoms with van der Waals surface area (Å²) in [4.78, 5) is 15.9. The number of hydrogen-bond acceptors (Lipinski definition) is 3. The first-order valence-corrected chi connectivity index (χ1v) is 10.2. The Kier molecular flexibility index (Phi) is 6.40. The van der Waals surface area contributed by atoms with Crippen molar-refractivity contribution in [3.63, 3.8) is 0 Å². The highest BCUT2D eigenvalue weighted by atomic mass is 35.5. The predicted molar refractivity (Wildman–Crippen MR) is 105 cm³/mol. The third kappa shape index (κ3) is 5.00. The molecule has 0 aromatic heterocycles. The van der Waals surface area contributed by atoms with Gasteiger partial charge in [0.15, 0.2) is 0 Å². The summed E-state index contributed by atoms with van der Waals surface area (Å²) in [5.41, 5.74) is 2.95. The lowest BCUT2D eigenvalue weighted by molar-refractivity contribution is 0.0951. The van der Waals surface area contributed by atoms with Gasteiger partial charge in [0.1, 0.15) is 0 Å². The number of rotatable bonds is 6. The first kappa shape index (κ1) is 18.3. The monoisotopic (exact) mass is 374 g/mol. The highest BCUT2D eigenvalue weighted by Gasteiger charge is 2.12. The number of nitrogens with one attached hydrogen (secondary N) is 1. The van der Waals surface area contributed by atoms with Crippen molar-refractivity contribution in [1.29, 1.82) is 0 Å². The number of amides is 1. The van der Waals surface area contributed by atoms with Gasteiger partial charge in [-0.25, -0.2) is 0 Å². The maximum absolute atomic E-state index is 12.4. The van der Waals surface area contributed by atoms with Crippen molar-refractivity contribution in [3.8, 4) is 0 Å². The topological polar surface area (TPSA) is 32.3 Å². The van der Waals surface area contributed by atoms with Crippen LogP contribution in [0.2, 0.25) is 5.02 Å². The molecule has 2 aromatic rings. The molecule has 0 unspecified atom stereocenters. The van der Waals surface area contributed by atoms with Gasteiger partial charge in [0.2, 0.25) is 0 Å². The van der Waals surface area contributed by atoms with Crippen molar-refractivity contribution in [1.82, 2.24) is 10.2 Å². The molecule has 5 heteroatoms. The van der Waals surface area contributed by atoms with E-state index in [2.05, 4.69) is 34.5 Å². The molecule has 1 amide bonds. The van der Waals surface area contributed by atoms with E-state index in [-0.39, 0.29) is 5.91 Å². The van der Waals surface area contributed by atoms with Crippen LogP contribution in [0.5, 0.6) is 0 Å². The molecule has 0 saturated carbocycles. The summed E-state index contributed by atoms with van der Waals surface area (Å²) in [7, 11) is 0. The summed E-state index contributed by atoms with van der Waals surface area (Å²) in [5.74, 6) is -0.137. The first-order chi connectivity index (χ1) is 12.2. The van der Waals surface area contributed by atoms with Crippen LogP contribution in [0.1, 0.15) is 34.3 Å². The second-order valence-electron chi connectivity index (χ2n) is 6.33. The Hall–Kier alpha value is -1.49. The van der Waals surface area contributed by atoms with Crippen molar-refractivity contribution < 1.29 is 4.79 Å². The molecule has 1 heterocycles. The van der Waals surface area contributed by atoms with Crippen molar-refractivity contribution in [2.75, 3.05) is 19.3 Å². The Bertz CT molecular complexity index is 727. The summed E-state index contributed by atoms with van der Waals surface area (Å²) in [6.07, 6.45) is 4.60. The summed E-state index contributed by atoms with van der Waals surface area (Å²) >= 11 is 7.75. The standard InChI is InChI=1S/C20H23ClN2OS/c1-25-17-8-9-19(21)18(12-17)20(24)22-13-15-4-6-16(7-5-15)14-23-10-2-3-11-23/h4-9,12H,2-3,10-11,13-14H2,1H3,(H,22,24). The number of carbonyl (C=O) groups excluding carboxylic acids is 1. The molecule has 3 rings (SSSR count). The Balaban J connectivity index is 1.56. The second-order valence-corrected chi connectivity index (χ2v) is 7.62. The van der Waals surface area contributed by atoms with Crippen LogP contribution in [-0.2, 0) is 13.1 Å². The lowest BCUT2D eigenvalue weighted by atomic mass is 10.1. The average Bonchev–Trinajstić information content (AvgIpc) is 3.14. The highest BCUT2D eigenvalue weighted by molar-refractivity contribution is 7.98. The van der Waals surface area contributed by atoms with Crippen LogP contribution in [0, 0.1) is 0 Å². The zero-order chi connectivity index (χ0) is 17.6. The molecule has 2 aromatic carbocycles. The fourth-order valence-corrected chi connectivity index (χ4v) is 3.69. The summed E-state index contributed by atoms with van der Waals surface area (Å²) in [6, 6.07) is 14.0. The van der Waals surface area contributed by atoms with Crippen molar-refractivity contribution in [3.05, 3.63) is 64.2 Å². The minimum Gasteiger partial charge on any atom is -0.348 e. The first-order valence-electron chi connectivity index (χ1n) is 8.57. The number of thioether (sulfide) groups is 1. The molecule has 1 saturated heterocycles. The van der Waals surface area contributed by atoms with E-state index in [1.54, 1.807) is 17.8 Å². The molecule has 1 aliphatic heterocycles. The summed E-state index contributed by atoms with van der Waals surface area (Å²) in [5, 5.41) is 3.44. The van der Waals surface area contributed by atoms with Crippen LogP contribution in [0.15, 0.2) is 47.4 Å². The lowest BCUT2D eigenvalue weighted by Gasteiger charge is -2.14. The molecule has 1 aliphatic rings.